The van der Waals surface area contributed by atoms with Gasteiger partial charge in [-0.25, -0.2) is 0 Å². The van der Waals surface area contributed by atoms with Crippen molar-refractivity contribution < 1.29 is 4.79 Å². The second kappa shape index (κ2) is 7.66. The number of aromatic nitrogens is 5. The minimum absolute atomic E-state index is 0.0368. The number of aromatic amines is 1. The molecule has 1 saturated heterocycles. The van der Waals surface area contributed by atoms with Crippen LogP contribution in [0.15, 0.2) is 0 Å². The number of hydrogen-bond acceptors (Lipinski definition) is 5. The average molecular weight is 386 g/mol. The molecule has 0 saturated carbocycles. The van der Waals surface area contributed by atoms with Crippen molar-refractivity contribution >= 4 is 5.91 Å². The Balaban J connectivity index is 1.53. The molecule has 2 aromatic heterocycles. The van der Waals surface area contributed by atoms with Crippen molar-refractivity contribution in [3.63, 3.8) is 0 Å². The van der Waals surface area contributed by atoms with Crippen LogP contribution in [0, 0.1) is 19.8 Å². The lowest BCUT2D eigenvalue weighted by Crippen LogP contribution is -2.36. The second-order valence-electron chi connectivity index (χ2n) is 8.40. The van der Waals surface area contributed by atoms with E-state index in [1.165, 1.54) is 12.0 Å². The fourth-order valence-corrected chi connectivity index (χ4v) is 4.50. The number of aryl methyl sites for hydroxylation is 2. The maximum atomic E-state index is 12.4. The Labute approximate surface area is 166 Å². The third kappa shape index (κ3) is 3.45. The summed E-state index contributed by atoms with van der Waals surface area (Å²) in [5.74, 6) is 2.34. The minimum atomic E-state index is 0.0368. The molecule has 8 nitrogen and oxygen atoms in total. The van der Waals surface area contributed by atoms with Crippen molar-refractivity contribution in [3.8, 4) is 0 Å². The van der Waals surface area contributed by atoms with Gasteiger partial charge in [0, 0.05) is 49.8 Å². The van der Waals surface area contributed by atoms with Gasteiger partial charge in [0.05, 0.1) is 11.7 Å². The molecular weight excluding hydrogens is 354 g/mol. The molecule has 1 unspecified atom stereocenters. The summed E-state index contributed by atoms with van der Waals surface area (Å²) in [6.45, 7) is 12.3. The summed E-state index contributed by atoms with van der Waals surface area (Å²) in [5, 5.41) is 16.5. The van der Waals surface area contributed by atoms with Crippen LogP contribution >= 0.6 is 0 Å². The number of amides is 1. The normalized spacial score (nSPS) is 20.6. The molecule has 0 aromatic carbocycles. The summed E-state index contributed by atoms with van der Waals surface area (Å²) >= 11 is 0. The van der Waals surface area contributed by atoms with Gasteiger partial charge >= 0.3 is 0 Å². The van der Waals surface area contributed by atoms with Crippen LogP contribution in [0.5, 0.6) is 0 Å². The third-order valence-electron chi connectivity index (χ3n) is 6.16. The average Bonchev–Trinajstić information content (AvgIpc) is 3.33. The van der Waals surface area contributed by atoms with Crippen molar-refractivity contribution in [1.82, 2.24) is 34.8 Å². The SMILES string of the molecule is Cc1n[nH]c(C)c1CN1CCCC1c1nnc2n1CCN(C(=O)C(C)C)CC2. The lowest BCUT2D eigenvalue weighted by atomic mass is 10.1. The Morgan fingerprint density at radius 3 is 2.71 bits per heavy atom. The van der Waals surface area contributed by atoms with Crippen LogP contribution in [0.25, 0.3) is 0 Å². The van der Waals surface area contributed by atoms with E-state index in [4.69, 9.17) is 0 Å². The summed E-state index contributed by atoms with van der Waals surface area (Å²) in [5.41, 5.74) is 3.51. The molecule has 0 aliphatic carbocycles. The Hall–Kier alpha value is -2.22. The molecule has 0 spiro atoms. The molecule has 2 aliphatic rings. The van der Waals surface area contributed by atoms with Crippen molar-refractivity contribution in [2.75, 3.05) is 19.6 Å². The van der Waals surface area contributed by atoms with E-state index >= 15 is 0 Å². The topological polar surface area (TPSA) is 82.9 Å². The van der Waals surface area contributed by atoms with Gasteiger partial charge in [-0.3, -0.25) is 14.8 Å². The summed E-state index contributed by atoms with van der Waals surface area (Å²) in [6, 6.07) is 0.280. The zero-order valence-electron chi connectivity index (χ0n) is 17.4. The number of likely N-dealkylation sites (tertiary alicyclic amines) is 1. The molecule has 1 amide bonds. The molecule has 4 rings (SSSR count). The van der Waals surface area contributed by atoms with E-state index in [2.05, 4.69) is 43.7 Å². The highest BCUT2D eigenvalue weighted by Gasteiger charge is 2.33. The quantitative estimate of drug-likeness (QED) is 0.870. The number of nitrogens with one attached hydrogen (secondary N) is 1. The van der Waals surface area contributed by atoms with Crippen LogP contribution in [-0.4, -0.2) is 60.3 Å². The van der Waals surface area contributed by atoms with Gasteiger partial charge in [-0.2, -0.15) is 5.10 Å². The highest BCUT2D eigenvalue weighted by Crippen LogP contribution is 2.33. The maximum Gasteiger partial charge on any atom is 0.225 e. The van der Waals surface area contributed by atoms with Gasteiger partial charge in [0.1, 0.15) is 11.6 Å². The lowest BCUT2D eigenvalue weighted by molar-refractivity contribution is -0.134. The molecule has 1 atom stereocenters. The van der Waals surface area contributed by atoms with Gasteiger partial charge < -0.3 is 9.47 Å². The van der Waals surface area contributed by atoms with E-state index in [-0.39, 0.29) is 17.9 Å². The van der Waals surface area contributed by atoms with E-state index in [1.807, 2.05) is 18.7 Å². The standard InChI is InChI=1S/C20H31N7O/c1-13(2)20(28)25-9-7-18-23-24-19(27(18)11-10-25)17-6-5-8-26(17)12-16-14(3)21-22-15(16)4/h13,17H,5-12H2,1-4H3,(H,21,22). The molecule has 0 bridgehead atoms. The zero-order valence-corrected chi connectivity index (χ0v) is 17.4. The van der Waals surface area contributed by atoms with Crippen molar-refractivity contribution in [3.05, 3.63) is 28.6 Å². The lowest BCUT2D eigenvalue weighted by Gasteiger charge is -2.25. The van der Waals surface area contributed by atoms with E-state index in [9.17, 15) is 4.79 Å². The van der Waals surface area contributed by atoms with Crippen LogP contribution in [0.2, 0.25) is 0 Å². The second-order valence-corrected chi connectivity index (χ2v) is 8.40. The summed E-state index contributed by atoms with van der Waals surface area (Å²) in [4.78, 5) is 16.9. The first-order chi connectivity index (χ1) is 13.5. The third-order valence-corrected chi connectivity index (χ3v) is 6.16. The Bertz CT molecular complexity index is 833. The fourth-order valence-electron chi connectivity index (χ4n) is 4.50. The van der Waals surface area contributed by atoms with Crippen molar-refractivity contribution in [2.24, 2.45) is 5.92 Å². The minimum Gasteiger partial charge on any atom is -0.340 e. The maximum absolute atomic E-state index is 12.4. The van der Waals surface area contributed by atoms with Crippen molar-refractivity contribution in [1.29, 1.82) is 0 Å². The van der Waals surface area contributed by atoms with E-state index < -0.39 is 0 Å². The molecule has 1 N–H and O–H groups in total. The van der Waals surface area contributed by atoms with Crippen LogP contribution in [-0.2, 0) is 24.3 Å². The van der Waals surface area contributed by atoms with Crippen LogP contribution in [0.4, 0.5) is 0 Å². The highest BCUT2D eigenvalue weighted by atomic mass is 16.2. The molecular formula is C20H31N7O. The molecule has 4 heterocycles. The molecule has 8 heteroatoms. The van der Waals surface area contributed by atoms with Gasteiger partial charge in [0.25, 0.3) is 0 Å². The molecule has 2 aromatic rings. The van der Waals surface area contributed by atoms with Gasteiger partial charge in [-0.05, 0) is 33.2 Å². The number of H-pyrrole nitrogens is 1. The van der Waals surface area contributed by atoms with E-state index in [1.54, 1.807) is 0 Å². The predicted octanol–water partition coefficient (Wildman–Crippen LogP) is 2.00. The van der Waals surface area contributed by atoms with E-state index in [0.29, 0.717) is 0 Å². The first kappa shape index (κ1) is 19.1. The first-order valence-electron chi connectivity index (χ1n) is 10.4. The molecule has 0 radical (unpaired) electrons. The fraction of sp³-hybridized carbons (Fsp3) is 0.700. The van der Waals surface area contributed by atoms with Gasteiger partial charge in [0.15, 0.2) is 0 Å². The van der Waals surface area contributed by atoms with E-state index in [0.717, 1.165) is 68.6 Å². The number of fused-ring (bicyclic) bond motifs is 1. The van der Waals surface area contributed by atoms with Crippen LogP contribution in [0.1, 0.15) is 61.3 Å². The smallest absolute Gasteiger partial charge is 0.225 e. The molecule has 152 valence electrons. The number of carbonyl (C=O) groups is 1. The summed E-state index contributed by atoms with van der Waals surface area (Å²) in [6.07, 6.45) is 3.04. The molecule has 1 fully saturated rings. The number of carbonyl (C=O) groups excluding carboxylic acids is 1. The number of nitrogens with zero attached hydrogens (tertiary/aromatic N) is 6. The number of hydrogen-bond donors (Lipinski definition) is 1. The molecule has 2 aliphatic heterocycles. The zero-order chi connectivity index (χ0) is 19.8. The van der Waals surface area contributed by atoms with Gasteiger partial charge in [0.2, 0.25) is 5.91 Å². The Morgan fingerprint density at radius 1 is 1.18 bits per heavy atom. The van der Waals surface area contributed by atoms with Crippen molar-refractivity contribution in [2.45, 2.75) is 66.1 Å². The Morgan fingerprint density at radius 2 is 2.00 bits per heavy atom. The Kier molecular flexibility index (Phi) is 5.23. The first-order valence-corrected chi connectivity index (χ1v) is 10.4. The van der Waals surface area contributed by atoms with Crippen LogP contribution < -0.4 is 0 Å². The largest absolute Gasteiger partial charge is 0.340 e. The molecule has 28 heavy (non-hydrogen) atoms. The highest BCUT2D eigenvalue weighted by molar-refractivity contribution is 5.78. The van der Waals surface area contributed by atoms with Gasteiger partial charge in [-0.1, -0.05) is 13.8 Å². The summed E-state index contributed by atoms with van der Waals surface area (Å²) in [7, 11) is 0. The van der Waals surface area contributed by atoms with Gasteiger partial charge in [-0.15, -0.1) is 10.2 Å². The monoisotopic (exact) mass is 385 g/mol. The number of rotatable bonds is 4. The summed E-state index contributed by atoms with van der Waals surface area (Å²) < 4.78 is 2.27. The predicted molar refractivity (Wildman–Crippen MR) is 106 cm³/mol. The van der Waals surface area contributed by atoms with Crippen LogP contribution in [0.3, 0.4) is 0 Å².